The average Bonchev–Trinajstić information content (AvgIpc) is 2.46. The number of aryl methyl sites for hydroxylation is 1. The van der Waals surface area contributed by atoms with Crippen molar-refractivity contribution in [3.8, 4) is 0 Å². The molecule has 19 heavy (non-hydrogen) atoms. The van der Waals surface area contributed by atoms with Crippen LogP contribution in [0.1, 0.15) is 17.3 Å². The summed E-state index contributed by atoms with van der Waals surface area (Å²) in [5.41, 5.74) is 1.59. The Labute approximate surface area is 114 Å². The number of rotatable bonds is 4. The molecule has 0 saturated carbocycles. The summed E-state index contributed by atoms with van der Waals surface area (Å²) in [5.74, 6) is 0. The fourth-order valence-corrected chi connectivity index (χ4v) is 2.26. The third-order valence-electron chi connectivity index (χ3n) is 2.63. The van der Waals surface area contributed by atoms with E-state index in [2.05, 4.69) is 4.40 Å². The van der Waals surface area contributed by atoms with E-state index in [-0.39, 0.29) is 0 Å². The van der Waals surface area contributed by atoms with Crippen LogP contribution in [0.25, 0.3) is 0 Å². The molecule has 4 heteroatoms. The Balaban J connectivity index is 2.06. The van der Waals surface area contributed by atoms with E-state index in [1.807, 2.05) is 25.1 Å². The normalized spacial score (nSPS) is 14.4. The molecule has 0 bridgehead atoms. The average molecular weight is 275 g/mol. The largest absolute Gasteiger partial charge is 0.236 e. The van der Waals surface area contributed by atoms with E-state index >= 15 is 0 Å². The molecule has 2 atom stereocenters. The number of benzene rings is 2. The summed E-state index contributed by atoms with van der Waals surface area (Å²) in [4.78, 5) is 0.571. The van der Waals surface area contributed by atoms with E-state index in [0.717, 1.165) is 11.8 Å². The molecule has 0 aliphatic heterocycles. The third-order valence-corrected chi connectivity index (χ3v) is 3.62. The van der Waals surface area contributed by atoms with Crippen molar-refractivity contribution in [2.75, 3.05) is 0 Å². The summed E-state index contributed by atoms with van der Waals surface area (Å²) >= 11 is 0. The lowest BCUT2D eigenvalue weighted by atomic mass is 10.1. The lowest BCUT2D eigenvalue weighted by molar-refractivity contribution is 0.447. The SMILES string of the molecule is Cc1ccc([S@@](=O)/N=C/[C@H](F)c2ccccc2)cc1. The smallest absolute Gasteiger partial charge is 0.172 e. The molecule has 0 heterocycles. The van der Waals surface area contributed by atoms with Crippen LogP contribution >= 0.6 is 0 Å². The van der Waals surface area contributed by atoms with Crippen LogP contribution in [0.4, 0.5) is 4.39 Å². The van der Waals surface area contributed by atoms with Gasteiger partial charge in [0, 0.05) is 0 Å². The molecule has 2 rings (SSSR count). The highest BCUT2D eigenvalue weighted by Crippen LogP contribution is 2.15. The Morgan fingerprint density at radius 1 is 1.11 bits per heavy atom. The maximum atomic E-state index is 13.8. The van der Waals surface area contributed by atoms with Crippen molar-refractivity contribution in [3.63, 3.8) is 0 Å². The Hall–Kier alpha value is -1.81. The zero-order valence-corrected chi connectivity index (χ0v) is 11.3. The summed E-state index contributed by atoms with van der Waals surface area (Å²) in [5, 5.41) is 0. The van der Waals surface area contributed by atoms with Crippen LogP contribution in [-0.2, 0) is 11.0 Å². The summed E-state index contributed by atoms with van der Waals surface area (Å²) in [6, 6.07) is 15.9. The third kappa shape index (κ3) is 3.83. The van der Waals surface area contributed by atoms with Crippen molar-refractivity contribution < 1.29 is 8.60 Å². The summed E-state index contributed by atoms with van der Waals surface area (Å²) < 4.78 is 29.4. The van der Waals surface area contributed by atoms with Crippen LogP contribution < -0.4 is 0 Å². The minimum Gasteiger partial charge on any atom is -0.236 e. The molecule has 2 aromatic carbocycles. The van der Waals surface area contributed by atoms with Gasteiger partial charge in [-0.1, -0.05) is 48.0 Å². The molecule has 0 N–H and O–H groups in total. The van der Waals surface area contributed by atoms with Gasteiger partial charge in [0.25, 0.3) is 0 Å². The first-order valence-electron chi connectivity index (χ1n) is 5.88. The summed E-state index contributed by atoms with van der Waals surface area (Å²) in [6.45, 7) is 1.95. The monoisotopic (exact) mass is 275 g/mol. The first-order chi connectivity index (χ1) is 9.16. The van der Waals surface area contributed by atoms with Gasteiger partial charge < -0.3 is 0 Å². The van der Waals surface area contributed by atoms with Crippen molar-refractivity contribution in [1.29, 1.82) is 0 Å². The second-order valence-electron chi connectivity index (χ2n) is 4.13. The Morgan fingerprint density at radius 3 is 2.37 bits per heavy atom. The van der Waals surface area contributed by atoms with E-state index in [1.54, 1.807) is 36.4 Å². The first-order valence-corrected chi connectivity index (χ1v) is 6.99. The maximum Gasteiger partial charge on any atom is 0.172 e. The van der Waals surface area contributed by atoms with Crippen LogP contribution in [0.3, 0.4) is 0 Å². The molecule has 0 radical (unpaired) electrons. The van der Waals surface area contributed by atoms with E-state index in [1.165, 1.54) is 0 Å². The predicted octanol–water partition coefficient (Wildman–Crippen LogP) is 3.80. The molecular formula is C15H14FNOS. The summed E-state index contributed by atoms with van der Waals surface area (Å²) in [7, 11) is -1.56. The number of halogens is 1. The van der Waals surface area contributed by atoms with Crippen molar-refractivity contribution in [1.82, 2.24) is 0 Å². The van der Waals surface area contributed by atoms with Gasteiger partial charge in [-0.15, -0.1) is 0 Å². The molecular weight excluding hydrogens is 261 g/mol. The topological polar surface area (TPSA) is 29.4 Å². The first kappa shape index (κ1) is 13.6. The predicted molar refractivity (Wildman–Crippen MR) is 76.4 cm³/mol. The molecule has 0 aromatic heterocycles. The van der Waals surface area contributed by atoms with Gasteiger partial charge in [0.2, 0.25) is 0 Å². The highest BCUT2D eigenvalue weighted by atomic mass is 32.2. The highest BCUT2D eigenvalue weighted by molar-refractivity contribution is 7.83. The quantitative estimate of drug-likeness (QED) is 0.780. The molecule has 0 spiro atoms. The number of hydrogen-bond acceptors (Lipinski definition) is 1. The molecule has 0 aliphatic rings. The zero-order valence-electron chi connectivity index (χ0n) is 10.5. The minimum atomic E-state index is -1.56. The van der Waals surface area contributed by atoms with Crippen molar-refractivity contribution >= 4 is 17.2 Å². The van der Waals surface area contributed by atoms with E-state index in [0.29, 0.717) is 10.5 Å². The molecule has 0 saturated heterocycles. The standard InChI is InChI=1S/C15H14FNOS/c1-12-7-9-14(10-8-12)19(18)17-11-15(16)13-5-3-2-4-6-13/h2-11,15H,1H3/b17-11+/t15-,19+/m0/s1. The lowest BCUT2D eigenvalue weighted by Crippen LogP contribution is -1.95. The van der Waals surface area contributed by atoms with Gasteiger partial charge in [-0.3, -0.25) is 0 Å². The number of alkyl halides is 1. The number of hydrogen-bond donors (Lipinski definition) is 0. The lowest BCUT2D eigenvalue weighted by Gasteiger charge is -2.02. The van der Waals surface area contributed by atoms with Gasteiger partial charge >= 0.3 is 0 Å². The van der Waals surface area contributed by atoms with Gasteiger partial charge in [-0.2, -0.15) is 4.40 Å². The van der Waals surface area contributed by atoms with Gasteiger partial charge in [-0.05, 0) is 24.6 Å². The Morgan fingerprint density at radius 2 is 1.74 bits per heavy atom. The molecule has 0 fully saturated rings. The van der Waals surface area contributed by atoms with Crippen LogP contribution in [0.15, 0.2) is 63.9 Å². The second kappa shape index (κ2) is 6.38. The molecule has 0 unspecified atom stereocenters. The van der Waals surface area contributed by atoms with Crippen molar-refractivity contribution in [2.24, 2.45) is 4.40 Å². The molecule has 2 nitrogen and oxygen atoms in total. The number of nitrogens with zero attached hydrogens (tertiary/aromatic N) is 1. The van der Waals surface area contributed by atoms with E-state index in [4.69, 9.17) is 0 Å². The van der Waals surface area contributed by atoms with Gasteiger partial charge in [0.05, 0.1) is 11.1 Å². The van der Waals surface area contributed by atoms with Crippen LogP contribution in [0.5, 0.6) is 0 Å². The van der Waals surface area contributed by atoms with Crippen LogP contribution in [-0.4, -0.2) is 10.4 Å². The molecule has 0 amide bonds. The van der Waals surface area contributed by atoms with Gasteiger partial charge in [0.15, 0.2) is 17.2 Å². The highest BCUT2D eigenvalue weighted by Gasteiger charge is 2.07. The van der Waals surface area contributed by atoms with Gasteiger partial charge in [-0.25, -0.2) is 8.60 Å². The van der Waals surface area contributed by atoms with Crippen LogP contribution in [0, 0.1) is 6.92 Å². The fraction of sp³-hybridized carbons (Fsp3) is 0.133. The minimum absolute atomic E-state index is 0.507. The van der Waals surface area contributed by atoms with Crippen molar-refractivity contribution in [2.45, 2.75) is 18.0 Å². The Kier molecular flexibility index (Phi) is 4.58. The van der Waals surface area contributed by atoms with E-state index in [9.17, 15) is 8.60 Å². The van der Waals surface area contributed by atoms with Gasteiger partial charge in [0.1, 0.15) is 0 Å². The Bertz CT molecular complexity index is 581. The maximum absolute atomic E-state index is 13.8. The van der Waals surface area contributed by atoms with Crippen molar-refractivity contribution in [3.05, 3.63) is 65.7 Å². The van der Waals surface area contributed by atoms with Crippen LogP contribution in [0.2, 0.25) is 0 Å². The molecule has 2 aromatic rings. The summed E-state index contributed by atoms with van der Waals surface area (Å²) in [6.07, 6.45) is -0.249. The van der Waals surface area contributed by atoms with E-state index < -0.39 is 17.2 Å². The fourth-order valence-electron chi connectivity index (χ4n) is 1.55. The molecule has 0 aliphatic carbocycles. The second-order valence-corrected chi connectivity index (χ2v) is 5.31. The molecule has 98 valence electrons. The zero-order chi connectivity index (χ0) is 13.7.